The van der Waals surface area contributed by atoms with E-state index < -0.39 is 0 Å². The van der Waals surface area contributed by atoms with Gasteiger partial charge in [0, 0.05) is 5.56 Å². The molecule has 1 rings (SSSR count). The van der Waals surface area contributed by atoms with E-state index >= 15 is 0 Å². The maximum absolute atomic E-state index is 8.60. The van der Waals surface area contributed by atoms with E-state index in [9.17, 15) is 0 Å². The zero-order chi connectivity index (χ0) is 6.85. The maximum atomic E-state index is 8.60. The third kappa shape index (κ3) is 0.954. The van der Waals surface area contributed by atoms with E-state index in [0.29, 0.717) is 5.76 Å². The molecule has 0 aliphatic rings. The van der Waals surface area contributed by atoms with Crippen molar-refractivity contribution in [1.29, 1.82) is 0 Å². The zero-order valence-corrected chi connectivity index (χ0v) is 5.51. The fourth-order valence-corrected chi connectivity index (χ4v) is 0.610. The van der Waals surface area contributed by atoms with Crippen LogP contribution in [0.25, 0.3) is 0 Å². The first-order chi connectivity index (χ1) is 4.25. The van der Waals surface area contributed by atoms with Gasteiger partial charge < -0.3 is 9.63 Å². The lowest BCUT2D eigenvalue weighted by Crippen LogP contribution is -1.81. The molecule has 0 saturated carbocycles. The summed E-state index contributed by atoms with van der Waals surface area (Å²) in [7, 11) is 0. The van der Waals surface area contributed by atoms with Crippen LogP contribution in [-0.4, -0.2) is 10.3 Å². The zero-order valence-electron chi connectivity index (χ0n) is 5.51. The summed E-state index contributed by atoms with van der Waals surface area (Å²) in [6.07, 6.45) is 0. The summed E-state index contributed by atoms with van der Waals surface area (Å²) in [5.41, 5.74) is 1.79. The van der Waals surface area contributed by atoms with Gasteiger partial charge in [-0.1, -0.05) is 5.16 Å². The van der Waals surface area contributed by atoms with Crippen molar-refractivity contribution in [3.63, 3.8) is 0 Å². The van der Waals surface area contributed by atoms with Gasteiger partial charge in [-0.25, -0.2) is 0 Å². The second kappa shape index (κ2) is 2.19. The molecule has 0 unspecified atom stereocenters. The molecule has 1 aromatic heterocycles. The molecule has 0 aromatic carbocycles. The Balaban J connectivity index is 3.04. The molecule has 0 saturated heterocycles. The van der Waals surface area contributed by atoms with Crippen LogP contribution in [0.15, 0.2) is 4.52 Å². The first-order valence-corrected chi connectivity index (χ1v) is 2.78. The molecule has 0 aliphatic carbocycles. The van der Waals surface area contributed by atoms with Crippen molar-refractivity contribution in [2.75, 3.05) is 0 Å². The smallest absolute Gasteiger partial charge is 0.165 e. The minimum atomic E-state index is -0.0628. The van der Waals surface area contributed by atoms with E-state index in [1.807, 2.05) is 13.8 Å². The van der Waals surface area contributed by atoms with Crippen molar-refractivity contribution < 1.29 is 9.63 Å². The molecule has 0 atom stereocenters. The van der Waals surface area contributed by atoms with Crippen molar-refractivity contribution in [2.45, 2.75) is 20.5 Å². The Kier molecular flexibility index (Phi) is 1.53. The normalized spacial score (nSPS) is 10.1. The Morgan fingerprint density at radius 1 is 1.56 bits per heavy atom. The molecule has 0 fully saturated rings. The molecule has 0 radical (unpaired) electrons. The number of aromatic nitrogens is 1. The van der Waals surface area contributed by atoms with Crippen molar-refractivity contribution in [3.8, 4) is 0 Å². The Hall–Kier alpha value is -0.830. The molecule has 0 amide bonds. The van der Waals surface area contributed by atoms with Crippen molar-refractivity contribution in [1.82, 2.24) is 5.16 Å². The largest absolute Gasteiger partial charge is 0.388 e. The molecule has 1 N–H and O–H groups in total. The van der Waals surface area contributed by atoms with Crippen LogP contribution >= 0.6 is 0 Å². The molecule has 3 nitrogen and oxygen atoms in total. The lowest BCUT2D eigenvalue weighted by molar-refractivity contribution is 0.227. The molecular weight excluding hydrogens is 118 g/mol. The van der Waals surface area contributed by atoms with Crippen molar-refractivity contribution >= 4 is 0 Å². The van der Waals surface area contributed by atoms with Gasteiger partial charge in [-0.2, -0.15) is 0 Å². The number of hydrogen-bond acceptors (Lipinski definition) is 3. The fourth-order valence-electron chi connectivity index (χ4n) is 0.610. The van der Waals surface area contributed by atoms with E-state index in [4.69, 9.17) is 9.63 Å². The lowest BCUT2D eigenvalue weighted by Gasteiger charge is -1.85. The van der Waals surface area contributed by atoms with E-state index in [-0.39, 0.29) is 6.61 Å². The number of rotatable bonds is 1. The van der Waals surface area contributed by atoms with E-state index in [1.165, 1.54) is 0 Å². The van der Waals surface area contributed by atoms with Gasteiger partial charge in [-0.15, -0.1) is 0 Å². The van der Waals surface area contributed by atoms with E-state index in [2.05, 4.69) is 5.16 Å². The lowest BCUT2D eigenvalue weighted by atomic mass is 10.2. The summed E-state index contributed by atoms with van der Waals surface area (Å²) in [5.74, 6) is 0.563. The highest BCUT2D eigenvalue weighted by Gasteiger charge is 2.04. The monoisotopic (exact) mass is 127 g/mol. The Morgan fingerprint density at radius 3 is 2.44 bits per heavy atom. The number of hydrogen-bond donors (Lipinski definition) is 1. The minimum absolute atomic E-state index is 0.0628. The van der Waals surface area contributed by atoms with E-state index in [1.54, 1.807) is 0 Å². The van der Waals surface area contributed by atoms with Gasteiger partial charge in [-0.05, 0) is 13.8 Å². The van der Waals surface area contributed by atoms with Gasteiger partial charge in [0.25, 0.3) is 0 Å². The molecule has 1 aromatic rings. The van der Waals surface area contributed by atoms with Crippen LogP contribution in [0.5, 0.6) is 0 Å². The van der Waals surface area contributed by atoms with Gasteiger partial charge in [0.05, 0.1) is 5.69 Å². The Labute approximate surface area is 53.3 Å². The third-order valence-corrected chi connectivity index (χ3v) is 1.40. The fraction of sp³-hybridized carbons (Fsp3) is 0.500. The minimum Gasteiger partial charge on any atom is -0.388 e. The maximum Gasteiger partial charge on any atom is 0.165 e. The van der Waals surface area contributed by atoms with Crippen LogP contribution in [-0.2, 0) is 6.61 Å². The summed E-state index contributed by atoms with van der Waals surface area (Å²) in [5, 5.41) is 12.2. The molecular formula is C6H9NO2. The van der Waals surface area contributed by atoms with Gasteiger partial charge in [0.1, 0.15) is 6.61 Å². The van der Waals surface area contributed by atoms with Crippen LogP contribution in [0.2, 0.25) is 0 Å². The van der Waals surface area contributed by atoms with Crippen LogP contribution in [0.3, 0.4) is 0 Å². The quantitative estimate of drug-likeness (QED) is 0.606. The number of aliphatic hydroxyl groups excluding tert-OH is 1. The summed E-state index contributed by atoms with van der Waals surface area (Å²) in [4.78, 5) is 0. The van der Waals surface area contributed by atoms with Gasteiger partial charge in [0.2, 0.25) is 0 Å². The predicted octanol–water partition coefficient (Wildman–Crippen LogP) is 0.784. The molecule has 50 valence electrons. The highest BCUT2D eigenvalue weighted by atomic mass is 16.5. The molecule has 0 spiro atoms. The summed E-state index contributed by atoms with van der Waals surface area (Å²) < 4.78 is 4.74. The summed E-state index contributed by atoms with van der Waals surface area (Å²) in [6, 6.07) is 0. The number of nitrogens with zero attached hydrogens (tertiary/aromatic N) is 1. The summed E-state index contributed by atoms with van der Waals surface area (Å²) >= 11 is 0. The van der Waals surface area contributed by atoms with Crippen LogP contribution < -0.4 is 0 Å². The first kappa shape index (κ1) is 6.29. The van der Waals surface area contributed by atoms with Crippen LogP contribution in [0, 0.1) is 13.8 Å². The number of aliphatic hydroxyl groups is 1. The van der Waals surface area contributed by atoms with Crippen molar-refractivity contribution in [2.24, 2.45) is 0 Å². The average molecular weight is 127 g/mol. The molecule has 0 bridgehead atoms. The second-order valence-electron chi connectivity index (χ2n) is 1.97. The van der Waals surface area contributed by atoms with Crippen LogP contribution in [0.4, 0.5) is 0 Å². The second-order valence-corrected chi connectivity index (χ2v) is 1.97. The van der Waals surface area contributed by atoms with Crippen molar-refractivity contribution in [3.05, 3.63) is 17.0 Å². The highest BCUT2D eigenvalue weighted by Crippen LogP contribution is 2.10. The molecule has 1 heterocycles. The Bertz CT molecular complexity index is 205. The topological polar surface area (TPSA) is 46.3 Å². The predicted molar refractivity (Wildman–Crippen MR) is 31.9 cm³/mol. The molecule has 9 heavy (non-hydrogen) atoms. The average Bonchev–Trinajstić information content (AvgIpc) is 2.15. The summed E-state index contributed by atoms with van der Waals surface area (Å²) in [6.45, 7) is 3.65. The first-order valence-electron chi connectivity index (χ1n) is 2.78. The Morgan fingerprint density at radius 2 is 2.22 bits per heavy atom. The van der Waals surface area contributed by atoms with Gasteiger partial charge in [-0.3, -0.25) is 0 Å². The number of aryl methyl sites for hydroxylation is 1. The van der Waals surface area contributed by atoms with Gasteiger partial charge >= 0.3 is 0 Å². The molecule has 0 aliphatic heterocycles. The van der Waals surface area contributed by atoms with Gasteiger partial charge in [0.15, 0.2) is 5.76 Å². The SMILES string of the molecule is Cc1noc(CO)c1C. The van der Waals surface area contributed by atoms with E-state index in [0.717, 1.165) is 11.3 Å². The highest BCUT2D eigenvalue weighted by molar-refractivity contribution is 5.18. The van der Waals surface area contributed by atoms with Crippen LogP contribution in [0.1, 0.15) is 17.0 Å². The molecule has 3 heteroatoms. The standard InChI is InChI=1S/C6H9NO2/c1-4-5(2)7-9-6(4)3-8/h8H,3H2,1-2H3. The third-order valence-electron chi connectivity index (χ3n) is 1.40.